The van der Waals surface area contributed by atoms with E-state index in [1.54, 1.807) is 22.9 Å². The summed E-state index contributed by atoms with van der Waals surface area (Å²) in [7, 11) is 0. The third-order valence-electron chi connectivity index (χ3n) is 4.05. The van der Waals surface area contributed by atoms with E-state index in [2.05, 4.69) is 25.8 Å². The largest absolute Gasteiger partial charge is 0.319 e. The molecule has 8 heteroatoms. The van der Waals surface area contributed by atoms with E-state index in [0.717, 1.165) is 24.4 Å². The third-order valence-corrected chi connectivity index (χ3v) is 4.05. The average molecular weight is 338 g/mol. The number of pyridine rings is 1. The van der Waals surface area contributed by atoms with Crippen molar-refractivity contribution in [3.8, 4) is 5.69 Å². The highest BCUT2D eigenvalue weighted by molar-refractivity contribution is 6.04. The topological polar surface area (TPSA) is 85.6 Å². The first-order chi connectivity index (χ1) is 12.1. The molecule has 4 rings (SSSR count). The molecule has 3 aromatic rings. The number of tetrazole rings is 1. The van der Waals surface area contributed by atoms with E-state index in [9.17, 15) is 9.18 Å². The van der Waals surface area contributed by atoms with Crippen molar-refractivity contribution in [2.75, 3.05) is 5.32 Å². The molecule has 2 aromatic heterocycles. The molecular formula is C17H15FN6O. The lowest BCUT2D eigenvalue weighted by molar-refractivity contribution is 0.102. The number of anilines is 1. The van der Waals surface area contributed by atoms with Crippen LogP contribution >= 0.6 is 0 Å². The van der Waals surface area contributed by atoms with Crippen molar-refractivity contribution in [1.82, 2.24) is 25.2 Å². The Hall–Kier alpha value is -3.16. The molecule has 7 nitrogen and oxygen atoms in total. The smallest absolute Gasteiger partial charge is 0.257 e. The Labute approximate surface area is 142 Å². The van der Waals surface area contributed by atoms with Gasteiger partial charge in [0.15, 0.2) is 5.82 Å². The summed E-state index contributed by atoms with van der Waals surface area (Å²) in [5.41, 5.74) is 1.83. The molecule has 1 amide bonds. The highest BCUT2D eigenvalue weighted by Gasteiger charge is 2.30. The van der Waals surface area contributed by atoms with Gasteiger partial charge in [-0.2, -0.15) is 4.68 Å². The molecule has 1 aromatic carbocycles. The van der Waals surface area contributed by atoms with Crippen molar-refractivity contribution >= 4 is 11.6 Å². The van der Waals surface area contributed by atoms with Crippen LogP contribution < -0.4 is 5.32 Å². The first-order valence-electron chi connectivity index (χ1n) is 7.94. The van der Waals surface area contributed by atoms with E-state index in [1.165, 1.54) is 18.3 Å². The number of rotatable bonds is 4. The minimum absolute atomic E-state index is 0.0697. The summed E-state index contributed by atoms with van der Waals surface area (Å²) >= 11 is 0. The van der Waals surface area contributed by atoms with E-state index >= 15 is 0 Å². The summed E-state index contributed by atoms with van der Waals surface area (Å²) < 4.78 is 15.7. The molecule has 126 valence electrons. The molecule has 0 saturated heterocycles. The van der Waals surface area contributed by atoms with Gasteiger partial charge in [0, 0.05) is 17.8 Å². The minimum Gasteiger partial charge on any atom is -0.319 e. The zero-order chi connectivity index (χ0) is 17.4. The van der Waals surface area contributed by atoms with Crippen molar-refractivity contribution in [2.45, 2.75) is 25.7 Å². The van der Waals surface area contributed by atoms with Crippen molar-refractivity contribution < 1.29 is 9.18 Å². The van der Waals surface area contributed by atoms with Gasteiger partial charge in [-0.05, 0) is 60.5 Å². The van der Waals surface area contributed by atoms with Gasteiger partial charge in [0.25, 0.3) is 5.91 Å². The van der Waals surface area contributed by atoms with Gasteiger partial charge < -0.3 is 5.32 Å². The minimum atomic E-state index is -0.529. The van der Waals surface area contributed by atoms with Gasteiger partial charge in [-0.3, -0.25) is 9.78 Å². The zero-order valence-electron chi connectivity index (χ0n) is 13.5. The van der Waals surface area contributed by atoms with Crippen LogP contribution in [0.25, 0.3) is 5.69 Å². The van der Waals surface area contributed by atoms with Gasteiger partial charge >= 0.3 is 0 Å². The molecule has 1 aliphatic rings. The number of nitrogens with zero attached hydrogens (tertiary/aromatic N) is 5. The number of aryl methyl sites for hydroxylation is 1. The fourth-order valence-corrected chi connectivity index (χ4v) is 2.51. The zero-order valence-corrected chi connectivity index (χ0v) is 13.5. The molecule has 1 fully saturated rings. The maximum Gasteiger partial charge on any atom is 0.257 e. The fourth-order valence-electron chi connectivity index (χ4n) is 2.51. The lowest BCUT2D eigenvalue weighted by atomic mass is 10.2. The fraction of sp³-hybridized carbons (Fsp3) is 0.235. The Morgan fingerprint density at radius 3 is 2.84 bits per heavy atom. The second-order valence-corrected chi connectivity index (χ2v) is 6.03. The van der Waals surface area contributed by atoms with Crippen LogP contribution in [0.1, 0.15) is 40.6 Å². The number of carbonyl (C=O) groups excluding carboxylic acids is 1. The Balaban J connectivity index is 1.62. The lowest BCUT2D eigenvalue weighted by Crippen LogP contribution is -2.14. The molecule has 25 heavy (non-hydrogen) atoms. The van der Waals surface area contributed by atoms with Crippen LogP contribution in [0.2, 0.25) is 0 Å². The predicted molar refractivity (Wildman–Crippen MR) is 88.0 cm³/mol. The average Bonchev–Trinajstić information content (AvgIpc) is 3.34. The monoisotopic (exact) mass is 338 g/mol. The maximum absolute atomic E-state index is 14.1. The highest BCUT2D eigenvalue weighted by atomic mass is 19.1. The molecule has 0 atom stereocenters. The van der Waals surface area contributed by atoms with Crippen LogP contribution in [-0.2, 0) is 0 Å². The summed E-state index contributed by atoms with van der Waals surface area (Å²) in [6.07, 6.45) is 3.55. The van der Waals surface area contributed by atoms with E-state index in [1.807, 2.05) is 6.92 Å². The highest BCUT2D eigenvalue weighted by Crippen LogP contribution is 2.39. The summed E-state index contributed by atoms with van der Waals surface area (Å²) in [5, 5.41) is 14.3. The van der Waals surface area contributed by atoms with Crippen LogP contribution in [0.3, 0.4) is 0 Å². The Bertz CT molecular complexity index is 933. The van der Waals surface area contributed by atoms with Crippen molar-refractivity contribution in [3.05, 3.63) is 59.4 Å². The number of aromatic nitrogens is 5. The number of benzene rings is 1. The Morgan fingerprint density at radius 1 is 1.28 bits per heavy atom. The molecule has 2 heterocycles. The summed E-state index contributed by atoms with van der Waals surface area (Å²) in [6, 6.07) is 7.77. The van der Waals surface area contributed by atoms with E-state index in [0.29, 0.717) is 17.2 Å². The van der Waals surface area contributed by atoms with E-state index < -0.39 is 11.7 Å². The summed E-state index contributed by atoms with van der Waals surface area (Å²) in [6.45, 7) is 1.83. The standard InChI is InChI=1S/C17H15FN6O/c1-10-2-3-12(9-19-10)17(25)20-15-8-13(6-7-14(15)18)24-16(11-4-5-11)21-22-23-24/h2-3,6-9,11H,4-5H2,1H3,(H,20,25). The molecular weight excluding hydrogens is 323 g/mol. The van der Waals surface area contributed by atoms with E-state index in [-0.39, 0.29) is 5.69 Å². The van der Waals surface area contributed by atoms with Gasteiger partial charge in [0.1, 0.15) is 5.82 Å². The van der Waals surface area contributed by atoms with Crippen LogP contribution in [0, 0.1) is 12.7 Å². The number of hydrogen-bond donors (Lipinski definition) is 1. The quantitative estimate of drug-likeness (QED) is 0.790. The van der Waals surface area contributed by atoms with E-state index in [4.69, 9.17) is 0 Å². The van der Waals surface area contributed by atoms with Crippen LogP contribution in [0.4, 0.5) is 10.1 Å². The first kappa shape index (κ1) is 15.4. The van der Waals surface area contributed by atoms with Gasteiger partial charge in [-0.25, -0.2) is 4.39 Å². The molecule has 0 spiro atoms. The van der Waals surface area contributed by atoms with Gasteiger partial charge in [-0.15, -0.1) is 5.10 Å². The third kappa shape index (κ3) is 3.10. The van der Waals surface area contributed by atoms with Gasteiger partial charge in [0.2, 0.25) is 0 Å². The first-order valence-corrected chi connectivity index (χ1v) is 7.94. The Kier molecular flexibility index (Phi) is 3.72. The SMILES string of the molecule is Cc1ccc(C(=O)Nc2cc(-n3nnnc3C3CC3)ccc2F)cn1. The maximum atomic E-state index is 14.1. The van der Waals surface area contributed by atoms with Gasteiger partial charge in [0.05, 0.1) is 16.9 Å². The molecule has 0 unspecified atom stereocenters. The molecule has 1 aliphatic carbocycles. The number of halogens is 1. The predicted octanol–water partition coefficient (Wildman–Crippen LogP) is 2.63. The second kappa shape index (κ2) is 6.04. The number of carbonyl (C=O) groups is 1. The Morgan fingerprint density at radius 2 is 2.12 bits per heavy atom. The lowest BCUT2D eigenvalue weighted by Gasteiger charge is -2.09. The normalized spacial score (nSPS) is 13.7. The van der Waals surface area contributed by atoms with Crippen LogP contribution in [0.15, 0.2) is 36.5 Å². The van der Waals surface area contributed by atoms with Crippen molar-refractivity contribution in [1.29, 1.82) is 0 Å². The number of nitrogens with one attached hydrogen (secondary N) is 1. The second-order valence-electron chi connectivity index (χ2n) is 6.03. The molecule has 0 radical (unpaired) electrons. The van der Waals surface area contributed by atoms with Crippen molar-refractivity contribution in [2.24, 2.45) is 0 Å². The molecule has 1 saturated carbocycles. The number of amides is 1. The number of hydrogen-bond acceptors (Lipinski definition) is 5. The molecule has 0 aliphatic heterocycles. The van der Waals surface area contributed by atoms with Crippen molar-refractivity contribution in [3.63, 3.8) is 0 Å². The molecule has 1 N–H and O–H groups in total. The van der Waals surface area contributed by atoms with Crippen LogP contribution in [-0.4, -0.2) is 31.1 Å². The summed E-state index contributed by atoms with van der Waals surface area (Å²) in [4.78, 5) is 16.4. The summed E-state index contributed by atoms with van der Waals surface area (Å²) in [5.74, 6) is 0.143. The molecule has 0 bridgehead atoms. The van der Waals surface area contributed by atoms with Gasteiger partial charge in [-0.1, -0.05) is 0 Å². The van der Waals surface area contributed by atoms with Crippen LogP contribution in [0.5, 0.6) is 0 Å².